The SMILES string of the molecule is CC/C=C\C/C=C\C/C=C\C/C=C\C=C\C(O)CCCC(=O)OC[C@H](COP(=O)(O)O)OC(=O)CCCCCCCCCCCCCCCCCCCCCCC. The molecule has 0 radical (unpaired) electrons. The van der Waals surface area contributed by atoms with Crippen molar-refractivity contribution in [2.45, 2.75) is 212 Å². The second-order valence-electron chi connectivity index (χ2n) is 15.2. The van der Waals surface area contributed by atoms with Gasteiger partial charge in [-0.15, -0.1) is 0 Å². The number of aliphatic hydroxyl groups excluding tert-OH is 1. The smallest absolute Gasteiger partial charge is 0.462 e. The molecular weight excluding hydrogens is 739 g/mol. The first-order valence-electron chi connectivity index (χ1n) is 22.7. The van der Waals surface area contributed by atoms with Gasteiger partial charge in [0.1, 0.15) is 6.61 Å². The summed E-state index contributed by atoms with van der Waals surface area (Å²) in [6.07, 6.45) is 49.8. The fourth-order valence-corrected chi connectivity index (χ4v) is 6.65. The number of carbonyl (C=O) groups is 2. The van der Waals surface area contributed by atoms with Crippen LogP contribution in [0.1, 0.15) is 200 Å². The van der Waals surface area contributed by atoms with Gasteiger partial charge in [0, 0.05) is 12.8 Å². The zero-order valence-corrected chi connectivity index (χ0v) is 37.0. The lowest BCUT2D eigenvalue weighted by atomic mass is 10.0. The first kappa shape index (κ1) is 54.7. The van der Waals surface area contributed by atoms with Gasteiger partial charge in [-0.2, -0.15) is 0 Å². The Labute approximate surface area is 348 Å². The number of phosphoric acid groups is 1. The minimum atomic E-state index is -4.80. The van der Waals surface area contributed by atoms with Gasteiger partial charge in [-0.25, -0.2) is 4.57 Å². The van der Waals surface area contributed by atoms with Crippen LogP contribution in [0.3, 0.4) is 0 Å². The molecule has 9 nitrogen and oxygen atoms in total. The van der Waals surface area contributed by atoms with Crippen molar-refractivity contribution >= 4 is 19.8 Å². The van der Waals surface area contributed by atoms with E-state index in [9.17, 15) is 19.3 Å². The first-order valence-corrected chi connectivity index (χ1v) is 24.2. The number of aliphatic hydroxyl groups is 1. The predicted octanol–water partition coefficient (Wildman–Crippen LogP) is 13.0. The standard InChI is InChI=1S/C47H83O9P/c1-3-5-7-9-11-13-15-17-18-19-20-21-22-23-24-26-28-30-32-34-36-40-47(50)56-45(43-55-57(51,52)53)42-54-46(49)41-37-39-44(48)38-35-33-31-29-27-25-16-14-12-10-8-6-4-2/h6,8,12,14,25,27,31,33,35,38,44-45,48H,3-5,7,9-11,13,15-24,26,28-30,32,34,36-37,39-43H2,1-2H3,(H2,51,52,53)/b8-6-,14-12-,27-25-,33-31-,38-35+/t44?,45-/m1/s1. The van der Waals surface area contributed by atoms with Gasteiger partial charge in [0.05, 0.1) is 12.7 Å². The molecule has 0 aliphatic carbocycles. The number of ether oxygens (including phenoxy) is 2. The molecule has 0 heterocycles. The Hall–Kier alpha value is -2.29. The highest BCUT2D eigenvalue weighted by Gasteiger charge is 2.23. The summed E-state index contributed by atoms with van der Waals surface area (Å²) in [5.41, 5.74) is 0. The normalized spacial score (nSPS) is 13.6. The molecule has 0 spiro atoms. The van der Waals surface area contributed by atoms with Crippen LogP contribution in [0.2, 0.25) is 0 Å². The second kappa shape index (κ2) is 41.9. The Kier molecular flexibility index (Phi) is 40.2. The Balaban J connectivity index is 4.02. The molecule has 0 aliphatic rings. The Bertz CT molecular complexity index is 1120. The molecule has 0 saturated carbocycles. The van der Waals surface area contributed by atoms with Crippen LogP contribution >= 0.6 is 7.82 Å². The lowest BCUT2D eigenvalue weighted by molar-refractivity contribution is -0.161. The maximum atomic E-state index is 12.4. The zero-order chi connectivity index (χ0) is 41.9. The van der Waals surface area contributed by atoms with Crippen LogP contribution in [0.15, 0.2) is 60.8 Å². The number of allylic oxidation sites excluding steroid dienone is 9. The van der Waals surface area contributed by atoms with E-state index in [1.54, 1.807) is 12.2 Å². The molecule has 0 aliphatic heterocycles. The average molecular weight is 823 g/mol. The summed E-state index contributed by atoms with van der Waals surface area (Å²) in [6, 6.07) is 0. The highest BCUT2D eigenvalue weighted by atomic mass is 31.2. The summed E-state index contributed by atoms with van der Waals surface area (Å²) >= 11 is 0. The van der Waals surface area contributed by atoms with Crippen molar-refractivity contribution in [1.82, 2.24) is 0 Å². The van der Waals surface area contributed by atoms with E-state index in [1.165, 1.54) is 109 Å². The topological polar surface area (TPSA) is 140 Å². The van der Waals surface area contributed by atoms with Crippen molar-refractivity contribution in [1.29, 1.82) is 0 Å². The van der Waals surface area contributed by atoms with Crippen molar-refractivity contribution in [2.75, 3.05) is 13.2 Å². The van der Waals surface area contributed by atoms with Crippen LogP contribution in [-0.2, 0) is 28.2 Å². The molecule has 2 atom stereocenters. The van der Waals surface area contributed by atoms with E-state index in [0.29, 0.717) is 19.3 Å². The Morgan fingerprint density at radius 3 is 1.46 bits per heavy atom. The predicted molar refractivity (Wildman–Crippen MR) is 236 cm³/mol. The number of hydrogen-bond acceptors (Lipinski definition) is 7. The molecule has 0 aromatic carbocycles. The average Bonchev–Trinajstić information content (AvgIpc) is 3.18. The van der Waals surface area contributed by atoms with Gasteiger partial charge < -0.3 is 24.4 Å². The van der Waals surface area contributed by atoms with E-state index in [0.717, 1.165) is 44.9 Å². The summed E-state index contributed by atoms with van der Waals surface area (Å²) in [5.74, 6) is -1.09. The van der Waals surface area contributed by atoms with Gasteiger partial charge in [0.25, 0.3) is 0 Å². The van der Waals surface area contributed by atoms with Crippen LogP contribution < -0.4 is 0 Å². The van der Waals surface area contributed by atoms with Crippen molar-refractivity contribution < 1.29 is 43.0 Å². The quantitative estimate of drug-likeness (QED) is 0.0181. The van der Waals surface area contributed by atoms with Gasteiger partial charge in [-0.1, -0.05) is 203 Å². The number of phosphoric ester groups is 1. The molecule has 0 saturated heterocycles. The minimum Gasteiger partial charge on any atom is -0.462 e. The van der Waals surface area contributed by atoms with Gasteiger partial charge >= 0.3 is 19.8 Å². The molecule has 0 aromatic heterocycles. The molecule has 0 bridgehead atoms. The van der Waals surface area contributed by atoms with Crippen LogP contribution in [0.4, 0.5) is 0 Å². The summed E-state index contributed by atoms with van der Waals surface area (Å²) in [6.45, 7) is 3.42. The third kappa shape index (κ3) is 44.7. The molecule has 3 N–H and O–H groups in total. The molecule has 10 heteroatoms. The highest BCUT2D eigenvalue weighted by Crippen LogP contribution is 2.36. The van der Waals surface area contributed by atoms with E-state index in [2.05, 4.69) is 54.8 Å². The lowest BCUT2D eigenvalue weighted by Crippen LogP contribution is -2.29. The fraction of sp³-hybridized carbons (Fsp3) is 0.745. The fourth-order valence-electron chi connectivity index (χ4n) is 6.29. The van der Waals surface area contributed by atoms with Crippen LogP contribution in [0.5, 0.6) is 0 Å². The maximum Gasteiger partial charge on any atom is 0.469 e. The monoisotopic (exact) mass is 823 g/mol. The van der Waals surface area contributed by atoms with Gasteiger partial charge in [-0.05, 0) is 44.9 Å². The molecule has 0 aromatic rings. The van der Waals surface area contributed by atoms with Crippen molar-refractivity contribution in [3.8, 4) is 0 Å². The van der Waals surface area contributed by atoms with Gasteiger partial charge in [0.15, 0.2) is 6.10 Å². The number of unbranched alkanes of at least 4 members (excludes halogenated alkanes) is 20. The van der Waals surface area contributed by atoms with Crippen LogP contribution in [0, 0.1) is 0 Å². The molecule has 0 fully saturated rings. The summed E-state index contributed by atoms with van der Waals surface area (Å²) in [7, 11) is -4.80. The third-order valence-electron chi connectivity index (χ3n) is 9.65. The number of rotatable bonds is 41. The summed E-state index contributed by atoms with van der Waals surface area (Å²) < 4.78 is 26.3. The Morgan fingerprint density at radius 1 is 0.544 bits per heavy atom. The number of hydrogen-bond donors (Lipinski definition) is 3. The maximum absolute atomic E-state index is 12.4. The van der Waals surface area contributed by atoms with Crippen molar-refractivity contribution in [2.24, 2.45) is 0 Å². The van der Waals surface area contributed by atoms with Crippen LogP contribution in [0.25, 0.3) is 0 Å². The molecule has 0 rings (SSSR count). The van der Waals surface area contributed by atoms with Crippen LogP contribution in [-0.4, -0.2) is 52.3 Å². The lowest BCUT2D eigenvalue weighted by Gasteiger charge is -2.18. The summed E-state index contributed by atoms with van der Waals surface area (Å²) in [5, 5.41) is 10.2. The Morgan fingerprint density at radius 2 is 0.982 bits per heavy atom. The highest BCUT2D eigenvalue weighted by molar-refractivity contribution is 7.46. The molecule has 0 amide bonds. The summed E-state index contributed by atoms with van der Waals surface area (Å²) in [4.78, 5) is 43.0. The molecular formula is C47H83O9P. The first-order chi connectivity index (χ1) is 27.7. The molecule has 57 heavy (non-hydrogen) atoms. The van der Waals surface area contributed by atoms with Crippen molar-refractivity contribution in [3.63, 3.8) is 0 Å². The largest absolute Gasteiger partial charge is 0.469 e. The van der Waals surface area contributed by atoms with E-state index >= 15 is 0 Å². The number of esters is 2. The van der Waals surface area contributed by atoms with E-state index < -0.39 is 38.6 Å². The third-order valence-corrected chi connectivity index (χ3v) is 10.1. The van der Waals surface area contributed by atoms with Crippen molar-refractivity contribution in [3.05, 3.63) is 60.8 Å². The number of carbonyl (C=O) groups excluding carboxylic acids is 2. The van der Waals surface area contributed by atoms with E-state index in [-0.39, 0.29) is 19.4 Å². The molecule has 1 unspecified atom stereocenters. The van der Waals surface area contributed by atoms with Gasteiger partial charge in [-0.3, -0.25) is 14.1 Å². The van der Waals surface area contributed by atoms with Gasteiger partial charge in [0.2, 0.25) is 0 Å². The van der Waals surface area contributed by atoms with E-state index in [4.69, 9.17) is 19.3 Å². The minimum absolute atomic E-state index is 0.0360. The van der Waals surface area contributed by atoms with E-state index in [1.807, 2.05) is 12.2 Å². The second-order valence-corrected chi connectivity index (χ2v) is 16.4. The zero-order valence-electron chi connectivity index (χ0n) is 36.1. The molecule has 330 valence electrons.